The molecule has 0 unspecified atom stereocenters. The molecule has 1 saturated carbocycles. The molecule has 1 saturated heterocycles. The number of rotatable bonds is 3. The first-order chi connectivity index (χ1) is 8.75. The average Bonchev–Trinajstić information content (AvgIpc) is 3.20. The van der Waals surface area contributed by atoms with E-state index >= 15 is 0 Å². The quantitative estimate of drug-likeness (QED) is 0.872. The zero-order chi connectivity index (χ0) is 12.5. The summed E-state index contributed by atoms with van der Waals surface area (Å²) in [6.07, 6.45) is 2.63. The normalized spacial score (nSPS) is 20.7. The van der Waals surface area contributed by atoms with Crippen LogP contribution in [0.5, 0.6) is 0 Å². The maximum atomic E-state index is 6.38. The maximum absolute atomic E-state index is 6.38. The van der Waals surface area contributed by atoms with Gasteiger partial charge in [0.25, 0.3) is 0 Å². The fourth-order valence-corrected chi connectivity index (χ4v) is 3.27. The summed E-state index contributed by atoms with van der Waals surface area (Å²) in [7, 11) is 0. The molecule has 1 aliphatic carbocycles. The lowest BCUT2D eigenvalue weighted by Crippen LogP contribution is -2.45. The number of hydrogen-bond acceptors (Lipinski definition) is 2. The van der Waals surface area contributed by atoms with Crippen molar-refractivity contribution in [2.45, 2.75) is 18.9 Å². The molecule has 3 rings (SSSR count). The largest absolute Gasteiger partial charge is 0.314 e. The van der Waals surface area contributed by atoms with Gasteiger partial charge in [-0.15, -0.1) is 24.8 Å². The summed E-state index contributed by atoms with van der Waals surface area (Å²) < 4.78 is 0. The molecule has 0 spiro atoms. The second-order valence-corrected chi connectivity index (χ2v) is 6.08. The van der Waals surface area contributed by atoms with Gasteiger partial charge in [-0.25, -0.2) is 0 Å². The number of halogens is 4. The summed E-state index contributed by atoms with van der Waals surface area (Å²) in [6, 6.07) is 6.30. The SMILES string of the molecule is Cl.Cl.Clc1ccc(Cl)c([C@H](C2CC2)N2CCNCC2)c1. The van der Waals surface area contributed by atoms with Crippen molar-refractivity contribution >= 4 is 48.0 Å². The molecule has 6 heteroatoms. The monoisotopic (exact) mass is 356 g/mol. The predicted octanol–water partition coefficient (Wildman–Crippen LogP) is 4.19. The Labute approximate surface area is 143 Å². The summed E-state index contributed by atoms with van der Waals surface area (Å²) >= 11 is 12.5. The highest BCUT2D eigenvalue weighted by atomic mass is 35.5. The van der Waals surface area contributed by atoms with Crippen molar-refractivity contribution in [1.29, 1.82) is 0 Å². The van der Waals surface area contributed by atoms with Gasteiger partial charge in [-0.2, -0.15) is 0 Å². The molecule has 2 nitrogen and oxygen atoms in total. The van der Waals surface area contributed by atoms with Gasteiger partial charge in [0, 0.05) is 42.3 Å². The van der Waals surface area contributed by atoms with Crippen LogP contribution >= 0.6 is 48.0 Å². The maximum Gasteiger partial charge on any atom is 0.0455 e. The first-order valence-corrected chi connectivity index (χ1v) is 7.41. The Morgan fingerprint density at radius 2 is 1.75 bits per heavy atom. The average molecular weight is 358 g/mol. The molecule has 1 aliphatic heterocycles. The minimum absolute atomic E-state index is 0. The Balaban J connectivity index is 0.000001000. The lowest BCUT2D eigenvalue weighted by molar-refractivity contribution is 0.156. The summed E-state index contributed by atoms with van der Waals surface area (Å²) in [6.45, 7) is 4.34. The molecule has 0 radical (unpaired) electrons. The molecule has 1 heterocycles. The Morgan fingerprint density at radius 1 is 1.10 bits per heavy atom. The third-order valence-corrected chi connectivity index (χ3v) is 4.47. The van der Waals surface area contributed by atoms with Crippen molar-refractivity contribution in [1.82, 2.24) is 10.2 Å². The number of piperazine rings is 1. The molecule has 1 atom stereocenters. The molecule has 2 fully saturated rings. The van der Waals surface area contributed by atoms with E-state index in [1.165, 1.54) is 18.4 Å². The van der Waals surface area contributed by atoms with Crippen LogP contribution in [0, 0.1) is 5.92 Å². The minimum Gasteiger partial charge on any atom is -0.314 e. The van der Waals surface area contributed by atoms with Crippen molar-refractivity contribution in [3.05, 3.63) is 33.8 Å². The van der Waals surface area contributed by atoms with Crippen molar-refractivity contribution in [2.75, 3.05) is 26.2 Å². The van der Waals surface area contributed by atoms with E-state index in [-0.39, 0.29) is 24.8 Å². The first kappa shape index (κ1) is 18.3. The van der Waals surface area contributed by atoms with Gasteiger partial charge in [-0.1, -0.05) is 23.2 Å². The van der Waals surface area contributed by atoms with Gasteiger partial charge in [-0.3, -0.25) is 4.90 Å². The second-order valence-electron chi connectivity index (χ2n) is 5.23. The molecular formula is C14H20Cl4N2. The van der Waals surface area contributed by atoms with Crippen LogP contribution in [0.3, 0.4) is 0 Å². The van der Waals surface area contributed by atoms with Crippen molar-refractivity contribution in [2.24, 2.45) is 5.92 Å². The Kier molecular flexibility index (Phi) is 7.40. The summed E-state index contributed by atoms with van der Waals surface area (Å²) in [5.74, 6) is 0.763. The van der Waals surface area contributed by atoms with E-state index in [1.807, 2.05) is 12.1 Å². The molecule has 0 amide bonds. The summed E-state index contributed by atoms with van der Waals surface area (Å²) in [5, 5.41) is 5.05. The van der Waals surface area contributed by atoms with E-state index in [4.69, 9.17) is 23.2 Å². The van der Waals surface area contributed by atoms with Crippen LogP contribution in [-0.4, -0.2) is 31.1 Å². The standard InChI is InChI=1S/C14H18Cl2N2.2ClH/c15-11-3-4-13(16)12(9-11)14(10-1-2-10)18-7-5-17-6-8-18;;/h3-4,9-10,14,17H,1-2,5-8H2;2*1H/t14-;;/m0../s1. The van der Waals surface area contributed by atoms with Crippen LogP contribution in [0.2, 0.25) is 10.0 Å². The van der Waals surface area contributed by atoms with E-state index in [9.17, 15) is 0 Å². The molecule has 0 bridgehead atoms. The van der Waals surface area contributed by atoms with Gasteiger partial charge in [-0.05, 0) is 42.5 Å². The molecule has 0 aromatic heterocycles. The molecule has 1 aromatic rings. The zero-order valence-electron chi connectivity index (χ0n) is 11.1. The van der Waals surface area contributed by atoms with Gasteiger partial charge in [0.1, 0.15) is 0 Å². The van der Waals surface area contributed by atoms with E-state index in [0.717, 1.165) is 42.1 Å². The molecule has 114 valence electrons. The van der Waals surface area contributed by atoms with Crippen LogP contribution in [0.15, 0.2) is 18.2 Å². The van der Waals surface area contributed by atoms with Crippen LogP contribution in [0.1, 0.15) is 24.4 Å². The minimum atomic E-state index is 0. The molecule has 20 heavy (non-hydrogen) atoms. The van der Waals surface area contributed by atoms with Crippen LogP contribution < -0.4 is 5.32 Å². The van der Waals surface area contributed by atoms with E-state index in [2.05, 4.69) is 16.3 Å². The second kappa shape index (κ2) is 8.07. The van der Waals surface area contributed by atoms with Crippen molar-refractivity contribution in [3.63, 3.8) is 0 Å². The van der Waals surface area contributed by atoms with Gasteiger partial charge in [0.2, 0.25) is 0 Å². The van der Waals surface area contributed by atoms with Crippen LogP contribution in [0.25, 0.3) is 0 Å². The number of nitrogens with one attached hydrogen (secondary N) is 1. The summed E-state index contributed by atoms with van der Waals surface area (Å²) in [5.41, 5.74) is 1.22. The van der Waals surface area contributed by atoms with Gasteiger partial charge >= 0.3 is 0 Å². The predicted molar refractivity (Wildman–Crippen MR) is 90.9 cm³/mol. The van der Waals surface area contributed by atoms with E-state index in [1.54, 1.807) is 0 Å². The fourth-order valence-electron chi connectivity index (χ4n) is 2.86. The van der Waals surface area contributed by atoms with E-state index in [0.29, 0.717) is 6.04 Å². The van der Waals surface area contributed by atoms with E-state index < -0.39 is 0 Å². The summed E-state index contributed by atoms with van der Waals surface area (Å²) in [4.78, 5) is 2.56. The Hall–Kier alpha value is 0.300. The zero-order valence-corrected chi connectivity index (χ0v) is 14.3. The molecular weight excluding hydrogens is 338 g/mol. The number of nitrogens with zero attached hydrogens (tertiary/aromatic N) is 1. The third-order valence-electron chi connectivity index (χ3n) is 3.89. The highest BCUT2D eigenvalue weighted by Crippen LogP contribution is 2.46. The third kappa shape index (κ3) is 4.16. The van der Waals surface area contributed by atoms with Crippen molar-refractivity contribution < 1.29 is 0 Å². The molecule has 1 aromatic carbocycles. The Morgan fingerprint density at radius 3 is 2.35 bits per heavy atom. The Bertz CT molecular complexity index is 431. The molecule has 1 N–H and O–H groups in total. The number of benzene rings is 1. The molecule has 2 aliphatic rings. The van der Waals surface area contributed by atoms with Gasteiger partial charge in [0.05, 0.1) is 0 Å². The van der Waals surface area contributed by atoms with Gasteiger partial charge < -0.3 is 5.32 Å². The highest BCUT2D eigenvalue weighted by Gasteiger charge is 2.37. The van der Waals surface area contributed by atoms with Crippen molar-refractivity contribution in [3.8, 4) is 0 Å². The van der Waals surface area contributed by atoms with Gasteiger partial charge in [0.15, 0.2) is 0 Å². The topological polar surface area (TPSA) is 15.3 Å². The van der Waals surface area contributed by atoms with Crippen LogP contribution in [0.4, 0.5) is 0 Å². The first-order valence-electron chi connectivity index (χ1n) is 6.65. The van der Waals surface area contributed by atoms with Crippen LogP contribution in [-0.2, 0) is 0 Å². The smallest absolute Gasteiger partial charge is 0.0455 e. The fraction of sp³-hybridized carbons (Fsp3) is 0.571. The number of hydrogen-bond donors (Lipinski definition) is 1. The highest BCUT2D eigenvalue weighted by molar-refractivity contribution is 6.33. The lowest BCUT2D eigenvalue weighted by atomic mass is 9.99. The lowest BCUT2D eigenvalue weighted by Gasteiger charge is -2.36.